The first-order valence-electron chi connectivity index (χ1n) is 5.44. The van der Waals surface area contributed by atoms with Gasteiger partial charge in [-0.25, -0.2) is 0 Å². The van der Waals surface area contributed by atoms with Crippen LogP contribution in [-0.2, 0) is 22.9 Å². The fourth-order valence-electron chi connectivity index (χ4n) is 1.93. The van der Waals surface area contributed by atoms with E-state index in [0.717, 1.165) is 11.0 Å². The largest absolute Gasteiger partial charge is 0.334 e. The Balaban J connectivity index is 1.97. The second kappa shape index (κ2) is 4.26. The van der Waals surface area contributed by atoms with E-state index >= 15 is 0 Å². The zero-order valence-electron chi connectivity index (χ0n) is 9.17. The number of nitrogens with one attached hydrogen (secondary N) is 1. The van der Waals surface area contributed by atoms with Gasteiger partial charge < -0.3 is 9.61 Å². The van der Waals surface area contributed by atoms with E-state index in [-0.39, 0.29) is 0 Å². The molecule has 0 saturated heterocycles. The van der Waals surface area contributed by atoms with Crippen LogP contribution in [0.1, 0.15) is 5.56 Å². The molecule has 17 heavy (non-hydrogen) atoms. The van der Waals surface area contributed by atoms with Gasteiger partial charge in [0, 0.05) is 11.0 Å². The summed E-state index contributed by atoms with van der Waals surface area (Å²) < 4.78 is 5.83. The molecule has 0 aromatic heterocycles. The molecule has 0 fully saturated rings. The molecule has 3 rings (SSSR count). The molecular formula is C13H12NOPS. The maximum Gasteiger partial charge on any atom is 0.184 e. The Labute approximate surface area is 106 Å². The first-order valence-corrected chi connectivity index (χ1v) is 8.16. The molecule has 1 unspecified atom stereocenters. The third-order valence-electron chi connectivity index (χ3n) is 2.76. The lowest BCUT2D eigenvalue weighted by Crippen LogP contribution is -2.09. The smallest absolute Gasteiger partial charge is 0.184 e. The van der Waals surface area contributed by atoms with Crippen LogP contribution in [0, 0.1) is 0 Å². The minimum absolute atomic E-state index is 0.618. The molecule has 0 spiro atoms. The molecule has 2 aromatic carbocycles. The Morgan fingerprint density at radius 1 is 1.00 bits per heavy atom. The van der Waals surface area contributed by atoms with Crippen molar-refractivity contribution in [3.63, 3.8) is 0 Å². The number of fused-ring (bicyclic) bond motifs is 1. The van der Waals surface area contributed by atoms with Crippen molar-refractivity contribution in [1.29, 1.82) is 0 Å². The number of rotatable bonds is 2. The Bertz CT molecular complexity index is 585. The molecule has 1 heterocycles. The fourth-order valence-corrected chi connectivity index (χ4v) is 4.87. The summed E-state index contributed by atoms with van der Waals surface area (Å²) in [5, 5.41) is 4.53. The summed E-state index contributed by atoms with van der Waals surface area (Å²) in [5.74, 6) is 0. The molecule has 86 valence electrons. The lowest BCUT2D eigenvalue weighted by atomic mass is 10.2. The van der Waals surface area contributed by atoms with E-state index in [2.05, 4.69) is 17.2 Å². The fraction of sp³-hybridized carbons (Fsp3) is 0.0769. The highest BCUT2D eigenvalue weighted by molar-refractivity contribution is 8.16. The predicted octanol–water partition coefficient (Wildman–Crippen LogP) is 3.26. The molecule has 0 bridgehead atoms. The zero-order chi connectivity index (χ0) is 11.7. The number of para-hydroxylation sites is 1. The van der Waals surface area contributed by atoms with Crippen LogP contribution in [0.4, 0.5) is 5.69 Å². The summed E-state index contributed by atoms with van der Waals surface area (Å²) in [6.45, 7) is 0.618. The van der Waals surface area contributed by atoms with Crippen LogP contribution in [0.15, 0.2) is 54.6 Å². The van der Waals surface area contributed by atoms with Gasteiger partial charge in [-0.05, 0) is 35.6 Å². The first kappa shape index (κ1) is 11.0. The van der Waals surface area contributed by atoms with Gasteiger partial charge in [0.2, 0.25) is 0 Å². The number of hydrogen-bond donors (Lipinski definition) is 1. The highest BCUT2D eigenvalue weighted by atomic mass is 32.4. The molecule has 1 atom stereocenters. The maximum atomic E-state index is 5.83. The molecule has 2 nitrogen and oxygen atoms in total. The van der Waals surface area contributed by atoms with E-state index in [9.17, 15) is 0 Å². The number of anilines is 1. The van der Waals surface area contributed by atoms with Crippen molar-refractivity contribution in [3.8, 4) is 0 Å². The molecule has 0 amide bonds. The molecule has 1 aliphatic rings. The second-order valence-electron chi connectivity index (χ2n) is 3.93. The highest BCUT2D eigenvalue weighted by Gasteiger charge is 2.29. The normalized spacial score (nSPS) is 22.1. The van der Waals surface area contributed by atoms with Crippen LogP contribution in [0.3, 0.4) is 0 Å². The number of benzene rings is 2. The van der Waals surface area contributed by atoms with Gasteiger partial charge in [-0.15, -0.1) is 0 Å². The molecular weight excluding hydrogens is 249 g/mol. The third kappa shape index (κ3) is 2.02. The lowest BCUT2D eigenvalue weighted by Gasteiger charge is -2.18. The molecule has 2 aromatic rings. The Morgan fingerprint density at radius 2 is 1.71 bits per heavy atom. The van der Waals surface area contributed by atoms with Gasteiger partial charge in [0.05, 0.1) is 6.61 Å². The summed E-state index contributed by atoms with van der Waals surface area (Å²) in [4.78, 5) is 0. The standard InChI is InChI=1S/C13H12NOPS/c17-16(14-12-7-2-1-3-8-12)13-9-5-4-6-11(13)10-15-16/h1-9H,10H2,(H,14,17). The third-order valence-corrected chi connectivity index (χ3v) is 6.06. The van der Waals surface area contributed by atoms with Gasteiger partial charge in [0.15, 0.2) is 6.42 Å². The van der Waals surface area contributed by atoms with Gasteiger partial charge in [-0.2, -0.15) is 0 Å². The van der Waals surface area contributed by atoms with E-state index in [0.29, 0.717) is 6.61 Å². The average molecular weight is 261 g/mol. The molecule has 1 aliphatic heterocycles. The predicted molar refractivity (Wildman–Crippen MR) is 75.2 cm³/mol. The molecule has 1 N–H and O–H groups in total. The van der Waals surface area contributed by atoms with Crippen LogP contribution in [0.5, 0.6) is 0 Å². The highest BCUT2D eigenvalue weighted by Crippen LogP contribution is 2.51. The average Bonchev–Trinajstić information content (AvgIpc) is 2.69. The Morgan fingerprint density at radius 3 is 2.53 bits per heavy atom. The van der Waals surface area contributed by atoms with Crippen LogP contribution in [0.25, 0.3) is 0 Å². The van der Waals surface area contributed by atoms with Crippen LogP contribution < -0.4 is 10.4 Å². The van der Waals surface area contributed by atoms with E-state index in [1.807, 2.05) is 42.5 Å². The molecule has 0 saturated carbocycles. The summed E-state index contributed by atoms with van der Waals surface area (Å²) in [6, 6.07) is 18.2. The SMILES string of the molecule is S=P1(Nc2ccccc2)OCc2ccccc21. The second-order valence-corrected chi connectivity index (χ2v) is 7.54. The number of hydrogen-bond acceptors (Lipinski definition) is 2. The van der Waals surface area contributed by atoms with Gasteiger partial charge in [-0.3, -0.25) is 0 Å². The van der Waals surface area contributed by atoms with Gasteiger partial charge >= 0.3 is 0 Å². The minimum atomic E-state index is -2.10. The maximum absolute atomic E-state index is 5.83. The molecule has 4 heteroatoms. The van der Waals surface area contributed by atoms with Gasteiger partial charge in [0.1, 0.15) is 0 Å². The summed E-state index contributed by atoms with van der Waals surface area (Å²) in [5.41, 5.74) is 2.23. The van der Waals surface area contributed by atoms with Crippen molar-refractivity contribution in [3.05, 3.63) is 60.2 Å². The van der Waals surface area contributed by atoms with E-state index in [4.69, 9.17) is 16.3 Å². The van der Waals surface area contributed by atoms with Crippen LogP contribution in [0.2, 0.25) is 0 Å². The van der Waals surface area contributed by atoms with Crippen LogP contribution in [-0.4, -0.2) is 0 Å². The van der Waals surface area contributed by atoms with Crippen molar-refractivity contribution in [2.45, 2.75) is 6.61 Å². The van der Waals surface area contributed by atoms with Gasteiger partial charge in [0.25, 0.3) is 0 Å². The summed E-state index contributed by atoms with van der Waals surface area (Å²) in [6.07, 6.45) is -2.10. The van der Waals surface area contributed by atoms with Gasteiger partial charge in [-0.1, -0.05) is 36.4 Å². The summed E-state index contributed by atoms with van der Waals surface area (Å²) >= 11 is 5.68. The van der Waals surface area contributed by atoms with E-state index in [1.165, 1.54) is 5.56 Å². The van der Waals surface area contributed by atoms with Crippen molar-refractivity contribution in [2.75, 3.05) is 5.09 Å². The quantitative estimate of drug-likeness (QED) is 0.838. The Kier molecular flexibility index (Phi) is 2.75. The monoisotopic (exact) mass is 261 g/mol. The Hall–Kier alpha value is -1.15. The molecule has 0 radical (unpaired) electrons. The topological polar surface area (TPSA) is 21.3 Å². The van der Waals surface area contributed by atoms with E-state index in [1.54, 1.807) is 0 Å². The van der Waals surface area contributed by atoms with Crippen molar-refractivity contribution < 1.29 is 4.52 Å². The van der Waals surface area contributed by atoms with E-state index < -0.39 is 6.42 Å². The molecule has 0 aliphatic carbocycles. The minimum Gasteiger partial charge on any atom is -0.334 e. The van der Waals surface area contributed by atoms with Crippen molar-refractivity contribution >= 4 is 29.2 Å². The lowest BCUT2D eigenvalue weighted by molar-refractivity contribution is 0.360. The summed E-state index contributed by atoms with van der Waals surface area (Å²) in [7, 11) is 0. The first-order chi connectivity index (χ1) is 8.28. The van der Waals surface area contributed by atoms with Crippen molar-refractivity contribution in [1.82, 2.24) is 0 Å². The zero-order valence-corrected chi connectivity index (χ0v) is 10.9. The van der Waals surface area contributed by atoms with Crippen molar-refractivity contribution in [2.24, 2.45) is 0 Å². The van der Waals surface area contributed by atoms with Crippen LogP contribution >= 0.6 is 6.42 Å².